The summed E-state index contributed by atoms with van der Waals surface area (Å²) in [7, 11) is 0. The predicted octanol–water partition coefficient (Wildman–Crippen LogP) is 4.38. The molecule has 1 aliphatic carbocycles. The molecule has 2 N–H and O–H groups in total. The van der Waals surface area contributed by atoms with Crippen LogP contribution in [0.25, 0.3) is 0 Å². The summed E-state index contributed by atoms with van der Waals surface area (Å²) >= 11 is 2.92. The van der Waals surface area contributed by atoms with E-state index in [0.29, 0.717) is 11.8 Å². The molecular formula is C18H24N4OS2. The van der Waals surface area contributed by atoms with Gasteiger partial charge in [-0.1, -0.05) is 48.2 Å². The lowest BCUT2D eigenvalue weighted by molar-refractivity contribution is -0.119. The maximum absolute atomic E-state index is 12.1. The molecule has 1 heterocycles. The Balaban J connectivity index is 1.45. The molecule has 7 heteroatoms. The van der Waals surface area contributed by atoms with Gasteiger partial charge >= 0.3 is 0 Å². The Hall–Kier alpha value is -1.60. The van der Waals surface area contributed by atoms with E-state index in [2.05, 4.69) is 40.7 Å². The molecule has 3 rings (SSSR count). The molecule has 1 amide bonds. The molecule has 1 aliphatic rings. The number of amides is 1. The summed E-state index contributed by atoms with van der Waals surface area (Å²) in [5, 5.41) is 15.5. The third-order valence-electron chi connectivity index (χ3n) is 4.50. The van der Waals surface area contributed by atoms with Crippen LogP contribution in [-0.4, -0.2) is 27.9 Å². The fourth-order valence-corrected chi connectivity index (χ4v) is 4.52. The molecule has 1 fully saturated rings. The van der Waals surface area contributed by atoms with Crippen molar-refractivity contribution in [2.45, 2.75) is 49.9 Å². The van der Waals surface area contributed by atoms with Crippen LogP contribution in [0.15, 0.2) is 28.6 Å². The number of aryl methyl sites for hydroxylation is 1. The molecule has 0 atom stereocenters. The Bertz CT molecular complexity index is 711. The van der Waals surface area contributed by atoms with Gasteiger partial charge in [-0.15, -0.1) is 10.2 Å². The van der Waals surface area contributed by atoms with Crippen LogP contribution in [0.1, 0.15) is 38.2 Å². The molecule has 0 radical (unpaired) electrons. The maximum Gasteiger partial charge on any atom is 0.230 e. The predicted molar refractivity (Wildman–Crippen MR) is 105 cm³/mol. The average molecular weight is 377 g/mol. The number of carbonyl (C=O) groups is 1. The van der Waals surface area contributed by atoms with E-state index in [1.54, 1.807) is 0 Å². The summed E-state index contributed by atoms with van der Waals surface area (Å²) in [6.45, 7) is 4.33. The van der Waals surface area contributed by atoms with E-state index in [1.807, 2.05) is 18.2 Å². The minimum atomic E-state index is 0.0909. The van der Waals surface area contributed by atoms with Gasteiger partial charge in [0.15, 0.2) is 4.34 Å². The number of anilines is 2. The lowest BCUT2D eigenvalue weighted by Crippen LogP contribution is -2.38. The van der Waals surface area contributed by atoms with Crippen LogP contribution >= 0.6 is 23.1 Å². The van der Waals surface area contributed by atoms with Crippen molar-refractivity contribution < 1.29 is 4.79 Å². The van der Waals surface area contributed by atoms with Crippen LogP contribution in [0.3, 0.4) is 0 Å². The first-order valence-corrected chi connectivity index (χ1v) is 10.5. The molecule has 0 aliphatic heterocycles. The van der Waals surface area contributed by atoms with E-state index in [0.717, 1.165) is 39.5 Å². The van der Waals surface area contributed by atoms with Crippen LogP contribution in [0.4, 0.5) is 10.8 Å². The lowest BCUT2D eigenvalue weighted by Gasteiger charge is -2.26. The molecule has 1 aromatic heterocycles. The maximum atomic E-state index is 12.1. The molecule has 0 bridgehead atoms. The number of hydrogen-bond acceptors (Lipinski definition) is 6. The summed E-state index contributed by atoms with van der Waals surface area (Å²) in [6, 6.07) is 8.41. The SMILES string of the molecule is Cc1ccccc1Nc1nnc(SCC(=O)NC2CCC(C)CC2)s1. The third-order valence-corrected chi connectivity index (χ3v) is 6.47. The van der Waals surface area contributed by atoms with Crippen LogP contribution in [-0.2, 0) is 4.79 Å². The number of benzene rings is 1. The molecular weight excluding hydrogens is 352 g/mol. The molecule has 0 unspecified atom stereocenters. The number of thioether (sulfide) groups is 1. The van der Waals surface area contributed by atoms with Gasteiger partial charge in [-0.3, -0.25) is 4.79 Å². The van der Waals surface area contributed by atoms with Crippen molar-refractivity contribution in [1.82, 2.24) is 15.5 Å². The molecule has 1 aromatic carbocycles. The fourth-order valence-electron chi connectivity index (χ4n) is 2.95. The minimum Gasteiger partial charge on any atom is -0.353 e. The molecule has 0 spiro atoms. The van der Waals surface area contributed by atoms with Crippen molar-refractivity contribution in [1.29, 1.82) is 0 Å². The standard InChI is InChI=1S/C18H24N4OS2/c1-12-7-9-14(10-8-12)19-16(23)11-24-18-22-21-17(25-18)20-15-6-4-3-5-13(15)2/h3-6,12,14H,7-11H2,1-2H3,(H,19,23)(H,20,21). The van der Waals surface area contributed by atoms with Gasteiger partial charge in [0.05, 0.1) is 5.75 Å². The van der Waals surface area contributed by atoms with Crippen molar-refractivity contribution in [3.8, 4) is 0 Å². The number of carbonyl (C=O) groups excluding carboxylic acids is 1. The van der Waals surface area contributed by atoms with Gasteiger partial charge in [-0.25, -0.2) is 0 Å². The molecule has 1 saturated carbocycles. The van der Waals surface area contributed by atoms with E-state index in [4.69, 9.17) is 0 Å². The number of nitrogens with one attached hydrogen (secondary N) is 2. The van der Waals surface area contributed by atoms with Gasteiger partial charge in [0, 0.05) is 11.7 Å². The lowest BCUT2D eigenvalue weighted by atomic mass is 9.87. The molecule has 0 saturated heterocycles. The highest BCUT2D eigenvalue weighted by Crippen LogP contribution is 2.29. The van der Waals surface area contributed by atoms with E-state index in [-0.39, 0.29) is 5.91 Å². The first-order chi connectivity index (χ1) is 12.1. The number of para-hydroxylation sites is 1. The summed E-state index contributed by atoms with van der Waals surface area (Å²) in [6.07, 6.45) is 4.62. The van der Waals surface area contributed by atoms with Crippen molar-refractivity contribution in [2.24, 2.45) is 5.92 Å². The zero-order valence-corrected chi connectivity index (χ0v) is 16.3. The highest BCUT2D eigenvalue weighted by atomic mass is 32.2. The fraction of sp³-hybridized carbons (Fsp3) is 0.500. The second-order valence-corrected chi connectivity index (χ2v) is 8.83. The smallest absolute Gasteiger partial charge is 0.230 e. The van der Waals surface area contributed by atoms with Crippen LogP contribution in [0.5, 0.6) is 0 Å². The average Bonchev–Trinajstić information content (AvgIpc) is 3.05. The van der Waals surface area contributed by atoms with Crippen LogP contribution < -0.4 is 10.6 Å². The molecule has 134 valence electrons. The number of hydrogen-bond donors (Lipinski definition) is 2. The monoisotopic (exact) mass is 376 g/mol. The minimum absolute atomic E-state index is 0.0909. The second kappa shape index (κ2) is 8.67. The number of rotatable bonds is 6. The summed E-state index contributed by atoms with van der Waals surface area (Å²) in [5.74, 6) is 1.28. The number of nitrogens with zero attached hydrogens (tertiary/aromatic N) is 2. The Labute approximate surface area is 157 Å². The first kappa shape index (κ1) is 18.2. The van der Waals surface area contributed by atoms with Crippen LogP contribution in [0, 0.1) is 12.8 Å². The van der Waals surface area contributed by atoms with Gasteiger partial charge in [0.25, 0.3) is 0 Å². The number of aromatic nitrogens is 2. The largest absolute Gasteiger partial charge is 0.353 e. The van der Waals surface area contributed by atoms with Gasteiger partial charge < -0.3 is 10.6 Å². The Morgan fingerprint density at radius 2 is 2.00 bits per heavy atom. The van der Waals surface area contributed by atoms with Gasteiger partial charge in [0.2, 0.25) is 11.0 Å². The topological polar surface area (TPSA) is 66.9 Å². The van der Waals surface area contributed by atoms with E-state index < -0.39 is 0 Å². The van der Waals surface area contributed by atoms with E-state index >= 15 is 0 Å². The Morgan fingerprint density at radius 3 is 2.76 bits per heavy atom. The highest BCUT2D eigenvalue weighted by Gasteiger charge is 2.20. The van der Waals surface area contributed by atoms with Crippen molar-refractivity contribution in [3.63, 3.8) is 0 Å². The quantitative estimate of drug-likeness (QED) is 0.733. The van der Waals surface area contributed by atoms with Gasteiger partial charge in [-0.05, 0) is 50.2 Å². The molecule has 2 aromatic rings. The Kier molecular flexibility index (Phi) is 6.31. The summed E-state index contributed by atoms with van der Waals surface area (Å²) < 4.78 is 0.809. The third kappa shape index (κ3) is 5.44. The van der Waals surface area contributed by atoms with Crippen LogP contribution in [0.2, 0.25) is 0 Å². The summed E-state index contributed by atoms with van der Waals surface area (Å²) in [4.78, 5) is 12.1. The zero-order chi connectivity index (χ0) is 17.6. The zero-order valence-electron chi connectivity index (χ0n) is 14.6. The van der Waals surface area contributed by atoms with Crippen molar-refractivity contribution in [2.75, 3.05) is 11.1 Å². The van der Waals surface area contributed by atoms with Gasteiger partial charge in [0.1, 0.15) is 0 Å². The van der Waals surface area contributed by atoms with E-state index in [9.17, 15) is 4.79 Å². The van der Waals surface area contributed by atoms with Gasteiger partial charge in [-0.2, -0.15) is 0 Å². The van der Waals surface area contributed by atoms with Crippen molar-refractivity contribution >= 4 is 39.8 Å². The molecule has 5 nitrogen and oxygen atoms in total. The first-order valence-electron chi connectivity index (χ1n) is 8.68. The Morgan fingerprint density at radius 1 is 1.24 bits per heavy atom. The van der Waals surface area contributed by atoms with E-state index in [1.165, 1.54) is 35.9 Å². The summed E-state index contributed by atoms with van der Waals surface area (Å²) in [5.41, 5.74) is 2.19. The molecule has 25 heavy (non-hydrogen) atoms. The normalized spacial score (nSPS) is 20.2. The van der Waals surface area contributed by atoms with Crippen molar-refractivity contribution in [3.05, 3.63) is 29.8 Å². The second-order valence-electron chi connectivity index (χ2n) is 6.63. The highest BCUT2D eigenvalue weighted by molar-refractivity contribution is 8.01.